The predicted molar refractivity (Wildman–Crippen MR) is 90.9 cm³/mol. The van der Waals surface area contributed by atoms with E-state index in [2.05, 4.69) is 0 Å². The highest BCUT2D eigenvalue weighted by Gasteiger charge is 2.21. The Morgan fingerprint density at radius 3 is 2.24 bits per heavy atom. The monoisotopic (exact) mass is 321 g/mol. The molecule has 0 fully saturated rings. The molecule has 4 heteroatoms. The minimum absolute atomic E-state index is 0.108. The molecule has 0 aliphatic rings. The third-order valence-corrected chi connectivity index (χ3v) is 5.60. The van der Waals surface area contributed by atoms with E-state index in [1.54, 1.807) is 0 Å². The molecule has 21 heavy (non-hydrogen) atoms. The second-order valence-electron chi connectivity index (χ2n) is 5.29. The zero-order valence-corrected chi connectivity index (χ0v) is 13.8. The van der Waals surface area contributed by atoms with Crippen molar-refractivity contribution in [1.82, 2.24) is 0 Å². The normalized spacial score (nSPS) is 15.4. The van der Waals surface area contributed by atoms with Crippen LogP contribution in [0.5, 0.6) is 0 Å². The molecule has 0 aliphatic carbocycles. The van der Waals surface area contributed by atoms with Crippen LogP contribution < -0.4 is 5.73 Å². The number of nitrogens with two attached hydrogens (primary N) is 1. The van der Waals surface area contributed by atoms with Gasteiger partial charge >= 0.3 is 0 Å². The second-order valence-corrected chi connectivity index (χ2v) is 7.52. The van der Waals surface area contributed by atoms with E-state index in [0.29, 0.717) is 10.8 Å². The van der Waals surface area contributed by atoms with Crippen LogP contribution in [0.1, 0.15) is 29.7 Å². The molecular weight excluding hydrogens is 302 g/mol. The van der Waals surface area contributed by atoms with Crippen molar-refractivity contribution in [3.05, 3.63) is 70.2 Å². The smallest absolute Gasteiger partial charge is 0.0516 e. The first-order valence-corrected chi connectivity index (χ1v) is 8.67. The predicted octanol–water partition coefficient (Wildman–Crippen LogP) is 3.99. The van der Waals surface area contributed by atoms with Crippen LogP contribution >= 0.6 is 11.6 Å². The highest BCUT2D eigenvalue weighted by atomic mass is 35.5. The fourth-order valence-electron chi connectivity index (χ4n) is 2.10. The Labute approximate surface area is 133 Å². The summed E-state index contributed by atoms with van der Waals surface area (Å²) >= 11 is 5.86. The van der Waals surface area contributed by atoms with Crippen molar-refractivity contribution < 1.29 is 4.21 Å². The van der Waals surface area contributed by atoms with Gasteiger partial charge in [-0.3, -0.25) is 4.21 Å². The van der Waals surface area contributed by atoms with E-state index >= 15 is 0 Å². The number of aryl methyl sites for hydroxylation is 1. The largest absolute Gasteiger partial charge is 0.323 e. The van der Waals surface area contributed by atoms with Gasteiger partial charge in [0.2, 0.25) is 0 Å². The van der Waals surface area contributed by atoms with E-state index in [9.17, 15) is 4.21 Å². The van der Waals surface area contributed by atoms with Crippen LogP contribution in [0.25, 0.3) is 0 Å². The van der Waals surface area contributed by atoms with Gasteiger partial charge in [0, 0.05) is 27.6 Å². The van der Waals surface area contributed by atoms with Crippen molar-refractivity contribution in [3.63, 3.8) is 0 Å². The summed E-state index contributed by atoms with van der Waals surface area (Å²) in [4.78, 5) is 0. The van der Waals surface area contributed by atoms with Crippen LogP contribution in [-0.4, -0.2) is 9.46 Å². The van der Waals surface area contributed by atoms with Gasteiger partial charge in [0.05, 0.1) is 5.25 Å². The van der Waals surface area contributed by atoms with Crippen molar-refractivity contribution in [2.75, 3.05) is 0 Å². The molecular formula is C17H20ClNOS. The molecule has 3 unspecified atom stereocenters. The maximum atomic E-state index is 12.5. The van der Waals surface area contributed by atoms with Gasteiger partial charge in [-0.05, 0) is 37.1 Å². The molecule has 3 atom stereocenters. The molecule has 2 nitrogen and oxygen atoms in total. The minimum Gasteiger partial charge on any atom is -0.323 e. The second kappa shape index (κ2) is 7.21. The van der Waals surface area contributed by atoms with Gasteiger partial charge in [-0.15, -0.1) is 0 Å². The highest BCUT2D eigenvalue weighted by Crippen LogP contribution is 2.21. The molecule has 0 radical (unpaired) electrons. The zero-order chi connectivity index (χ0) is 15.4. The lowest BCUT2D eigenvalue weighted by Crippen LogP contribution is -2.28. The molecule has 0 aromatic heterocycles. The van der Waals surface area contributed by atoms with Crippen molar-refractivity contribution in [1.29, 1.82) is 0 Å². The molecule has 2 aromatic rings. The maximum absolute atomic E-state index is 12.5. The quantitative estimate of drug-likeness (QED) is 0.905. The van der Waals surface area contributed by atoms with Gasteiger partial charge in [0.25, 0.3) is 0 Å². The number of benzene rings is 2. The topological polar surface area (TPSA) is 43.1 Å². The lowest BCUT2D eigenvalue weighted by atomic mass is 10.0. The van der Waals surface area contributed by atoms with Crippen LogP contribution in [0.3, 0.4) is 0 Å². The van der Waals surface area contributed by atoms with Crippen molar-refractivity contribution in [2.45, 2.75) is 30.9 Å². The average Bonchev–Trinajstić information content (AvgIpc) is 2.49. The Morgan fingerprint density at radius 1 is 1.10 bits per heavy atom. The van der Waals surface area contributed by atoms with Crippen LogP contribution in [-0.2, 0) is 16.6 Å². The lowest BCUT2D eigenvalue weighted by molar-refractivity contribution is 0.642. The Balaban J connectivity index is 2.04. The van der Waals surface area contributed by atoms with Gasteiger partial charge in [0.1, 0.15) is 0 Å². The first-order valence-electron chi connectivity index (χ1n) is 6.91. The lowest BCUT2D eigenvalue weighted by Gasteiger charge is -2.20. The standard InChI is InChI=1S/C17H20ClNOS/c1-12-3-7-15(8-4-12)17(19)13(2)21(20)11-14-5-9-16(18)10-6-14/h3-10,13,17H,11,19H2,1-2H3. The third-order valence-electron chi connectivity index (χ3n) is 3.60. The molecule has 0 saturated carbocycles. The van der Waals surface area contributed by atoms with E-state index in [0.717, 1.165) is 11.1 Å². The molecule has 2 N–H and O–H groups in total. The molecule has 0 heterocycles. The number of halogens is 1. The molecule has 0 bridgehead atoms. The Hall–Kier alpha value is -1.16. The van der Waals surface area contributed by atoms with Crippen molar-refractivity contribution in [3.8, 4) is 0 Å². The van der Waals surface area contributed by atoms with Crippen LogP contribution in [0, 0.1) is 6.92 Å². The van der Waals surface area contributed by atoms with E-state index in [1.165, 1.54) is 5.56 Å². The summed E-state index contributed by atoms with van der Waals surface area (Å²) in [6, 6.07) is 15.3. The van der Waals surface area contributed by atoms with Crippen molar-refractivity contribution in [2.24, 2.45) is 5.73 Å². The summed E-state index contributed by atoms with van der Waals surface area (Å²) in [5.74, 6) is 0.498. The van der Waals surface area contributed by atoms with Crippen LogP contribution in [0.15, 0.2) is 48.5 Å². The number of hydrogen-bond donors (Lipinski definition) is 1. The van der Waals surface area contributed by atoms with Gasteiger partial charge in [-0.25, -0.2) is 0 Å². The van der Waals surface area contributed by atoms with Gasteiger partial charge < -0.3 is 5.73 Å². The molecule has 112 valence electrons. The summed E-state index contributed by atoms with van der Waals surface area (Å²) < 4.78 is 12.5. The fourth-order valence-corrected chi connectivity index (χ4v) is 3.49. The molecule has 0 saturated heterocycles. The number of rotatable bonds is 5. The van der Waals surface area contributed by atoms with E-state index in [1.807, 2.05) is 62.4 Å². The SMILES string of the molecule is Cc1ccc(C(N)C(C)S(=O)Cc2ccc(Cl)cc2)cc1. The van der Waals surface area contributed by atoms with E-state index in [-0.39, 0.29) is 11.3 Å². The molecule has 0 spiro atoms. The average molecular weight is 322 g/mol. The number of hydrogen-bond acceptors (Lipinski definition) is 2. The summed E-state index contributed by atoms with van der Waals surface area (Å²) in [6.07, 6.45) is 0. The highest BCUT2D eigenvalue weighted by molar-refractivity contribution is 7.84. The van der Waals surface area contributed by atoms with Gasteiger partial charge in [-0.1, -0.05) is 53.6 Å². The molecule has 2 aromatic carbocycles. The third kappa shape index (κ3) is 4.40. The maximum Gasteiger partial charge on any atom is 0.0516 e. The van der Waals surface area contributed by atoms with Crippen molar-refractivity contribution >= 4 is 22.4 Å². The van der Waals surface area contributed by atoms with E-state index in [4.69, 9.17) is 17.3 Å². The molecule has 0 amide bonds. The zero-order valence-electron chi connectivity index (χ0n) is 12.3. The van der Waals surface area contributed by atoms with Crippen LogP contribution in [0.2, 0.25) is 5.02 Å². The Kier molecular flexibility index (Phi) is 5.57. The van der Waals surface area contributed by atoms with Crippen LogP contribution in [0.4, 0.5) is 0 Å². The molecule has 0 aliphatic heterocycles. The van der Waals surface area contributed by atoms with Gasteiger partial charge in [-0.2, -0.15) is 0 Å². The summed E-state index contributed by atoms with van der Waals surface area (Å²) in [6.45, 7) is 3.98. The summed E-state index contributed by atoms with van der Waals surface area (Å²) in [5, 5.41) is 0.581. The first-order chi connectivity index (χ1) is 9.97. The van der Waals surface area contributed by atoms with Gasteiger partial charge in [0.15, 0.2) is 0 Å². The fraction of sp³-hybridized carbons (Fsp3) is 0.294. The minimum atomic E-state index is -1.03. The summed E-state index contributed by atoms with van der Waals surface area (Å²) in [7, 11) is -1.03. The van der Waals surface area contributed by atoms with E-state index < -0.39 is 10.8 Å². The first kappa shape index (κ1) is 16.2. The molecule has 2 rings (SSSR count). The Morgan fingerprint density at radius 2 is 1.67 bits per heavy atom. The summed E-state index contributed by atoms with van der Waals surface area (Å²) in [5.41, 5.74) is 9.49. The Bertz CT molecular complexity index is 610.